The van der Waals surface area contributed by atoms with Crippen LogP contribution >= 0.6 is 34.8 Å². The maximum Gasteiger partial charge on any atom is 0.259 e. The number of aryl methyl sites for hydroxylation is 1. The zero-order valence-corrected chi connectivity index (χ0v) is 13.0. The van der Waals surface area contributed by atoms with Gasteiger partial charge in [-0.05, 0) is 6.42 Å². The Kier molecular flexibility index (Phi) is 5.32. The zero-order valence-electron chi connectivity index (χ0n) is 9.95. The molecule has 1 rings (SSSR count). The summed E-state index contributed by atoms with van der Waals surface area (Å²) in [5.74, 6) is 0.142. The number of hydrogen-bond donors (Lipinski definition) is 1. The van der Waals surface area contributed by atoms with Crippen LogP contribution in [0.3, 0.4) is 0 Å². The van der Waals surface area contributed by atoms with Gasteiger partial charge >= 0.3 is 0 Å². The second-order valence-corrected chi connectivity index (χ2v) is 6.47. The van der Waals surface area contributed by atoms with Gasteiger partial charge in [-0.1, -0.05) is 18.5 Å². The third-order valence-electron chi connectivity index (χ3n) is 2.64. The van der Waals surface area contributed by atoms with E-state index in [1.165, 1.54) is 17.9 Å². The number of alkyl halides is 2. The topological polar surface area (TPSA) is 64.0 Å². The molecule has 0 saturated carbocycles. The molecule has 0 bridgehead atoms. The molecule has 0 aliphatic rings. The van der Waals surface area contributed by atoms with Gasteiger partial charge < -0.3 is 0 Å². The van der Waals surface area contributed by atoms with Crippen LogP contribution in [0.15, 0.2) is 11.2 Å². The monoisotopic (exact) mass is 333 g/mol. The van der Waals surface area contributed by atoms with Crippen molar-refractivity contribution < 1.29 is 8.42 Å². The molecule has 0 spiro atoms. The predicted molar refractivity (Wildman–Crippen MR) is 73.0 cm³/mol. The highest BCUT2D eigenvalue weighted by Gasteiger charge is 2.34. The number of rotatable bonds is 6. The van der Waals surface area contributed by atoms with Gasteiger partial charge in [0.1, 0.15) is 0 Å². The maximum absolute atomic E-state index is 12.3. The third-order valence-corrected chi connectivity index (χ3v) is 5.74. The molecule has 0 fully saturated rings. The van der Waals surface area contributed by atoms with Crippen LogP contribution in [0.1, 0.15) is 13.3 Å². The van der Waals surface area contributed by atoms with E-state index in [2.05, 4.69) is 9.82 Å². The molecule has 0 unspecified atom stereocenters. The summed E-state index contributed by atoms with van der Waals surface area (Å²) in [4.78, 5) is 0. The van der Waals surface area contributed by atoms with Crippen molar-refractivity contribution in [3.8, 4) is 0 Å². The molecule has 104 valence electrons. The van der Waals surface area contributed by atoms with E-state index in [4.69, 9.17) is 34.8 Å². The van der Waals surface area contributed by atoms with Gasteiger partial charge in [-0.15, -0.1) is 23.2 Å². The van der Waals surface area contributed by atoms with Crippen LogP contribution in [0.25, 0.3) is 0 Å². The van der Waals surface area contributed by atoms with Gasteiger partial charge in [0.15, 0.2) is 5.03 Å². The first-order valence-corrected chi connectivity index (χ1v) is 8.08. The largest absolute Gasteiger partial charge is 0.259 e. The van der Waals surface area contributed by atoms with Crippen LogP contribution in [0.2, 0.25) is 5.02 Å². The summed E-state index contributed by atoms with van der Waals surface area (Å²) in [6.07, 6.45) is 1.74. The van der Waals surface area contributed by atoms with Gasteiger partial charge in [-0.3, -0.25) is 4.68 Å². The van der Waals surface area contributed by atoms with Crippen LogP contribution in [0.4, 0.5) is 0 Å². The Labute approximate surface area is 121 Å². The van der Waals surface area contributed by atoms with Gasteiger partial charge in [0.05, 0.1) is 16.8 Å². The standard InChI is InChI=1S/C9H14Cl3N3O2S/c1-3-9(5-10,6-11)14-18(16,17)8-7(12)4-13-15(8)2/h4,14H,3,5-6H2,1-2H3. The van der Waals surface area contributed by atoms with E-state index in [9.17, 15) is 8.42 Å². The van der Waals surface area contributed by atoms with Crippen LogP contribution < -0.4 is 4.72 Å². The quantitative estimate of drug-likeness (QED) is 0.809. The fourth-order valence-corrected chi connectivity index (χ4v) is 4.47. The van der Waals surface area contributed by atoms with Crippen molar-refractivity contribution in [1.29, 1.82) is 0 Å². The fourth-order valence-electron chi connectivity index (χ4n) is 1.39. The van der Waals surface area contributed by atoms with E-state index in [0.29, 0.717) is 6.42 Å². The van der Waals surface area contributed by atoms with E-state index in [0.717, 1.165) is 0 Å². The van der Waals surface area contributed by atoms with Crippen LogP contribution in [0.5, 0.6) is 0 Å². The highest BCUT2D eigenvalue weighted by molar-refractivity contribution is 7.89. The van der Waals surface area contributed by atoms with Gasteiger partial charge in [0, 0.05) is 18.8 Å². The first kappa shape index (κ1) is 16.0. The molecule has 1 heterocycles. The molecule has 0 amide bonds. The van der Waals surface area contributed by atoms with Gasteiger partial charge in [0.25, 0.3) is 10.0 Å². The van der Waals surface area contributed by atoms with Crippen LogP contribution in [0, 0.1) is 0 Å². The van der Waals surface area contributed by atoms with Gasteiger partial charge in [-0.25, -0.2) is 13.1 Å². The summed E-state index contributed by atoms with van der Waals surface area (Å²) < 4.78 is 28.2. The Hall–Kier alpha value is -0.0100. The summed E-state index contributed by atoms with van der Waals surface area (Å²) in [6, 6.07) is 0. The van der Waals surface area contributed by atoms with E-state index in [-0.39, 0.29) is 21.8 Å². The second kappa shape index (κ2) is 5.96. The first-order valence-electron chi connectivity index (χ1n) is 5.15. The summed E-state index contributed by atoms with van der Waals surface area (Å²) in [5.41, 5.74) is -0.893. The van der Waals surface area contributed by atoms with Crippen molar-refractivity contribution in [2.75, 3.05) is 11.8 Å². The lowest BCUT2D eigenvalue weighted by molar-refractivity contribution is 0.446. The number of sulfonamides is 1. The van der Waals surface area contributed by atoms with Crippen molar-refractivity contribution in [3.63, 3.8) is 0 Å². The molecule has 18 heavy (non-hydrogen) atoms. The Balaban J connectivity index is 3.17. The van der Waals surface area contributed by atoms with Crippen molar-refractivity contribution in [2.45, 2.75) is 23.9 Å². The Morgan fingerprint density at radius 1 is 1.44 bits per heavy atom. The number of halogens is 3. The summed E-state index contributed by atoms with van der Waals surface area (Å²) in [6.45, 7) is 1.80. The minimum absolute atomic E-state index is 0.0548. The molecule has 1 aromatic heterocycles. The highest BCUT2D eigenvalue weighted by atomic mass is 35.5. The van der Waals surface area contributed by atoms with Crippen molar-refractivity contribution in [2.24, 2.45) is 7.05 Å². The number of nitrogens with zero attached hydrogens (tertiary/aromatic N) is 2. The molecular formula is C9H14Cl3N3O2S. The lowest BCUT2D eigenvalue weighted by Gasteiger charge is -2.28. The average Bonchev–Trinajstić information content (AvgIpc) is 2.67. The third kappa shape index (κ3) is 3.11. The summed E-state index contributed by atoms with van der Waals surface area (Å²) in [7, 11) is -2.33. The molecule has 5 nitrogen and oxygen atoms in total. The maximum atomic E-state index is 12.3. The highest BCUT2D eigenvalue weighted by Crippen LogP contribution is 2.23. The SMILES string of the molecule is CCC(CCl)(CCl)NS(=O)(=O)c1c(Cl)cnn1C. The molecule has 0 radical (unpaired) electrons. The molecule has 1 aromatic rings. The van der Waals surface area contributed by atoms with Gasteiger partial charge in [-0.2, -0.15) is 5.10 Å². The molecule has 0 aliphatic heterocycles. The van der Waals surface area contributed by atoms with Crippen molar-refractivity contribution in [1.82, 2.24) is 14.5 Å². The second-order valence-electron chi connectivity index (χ2n) is 3.93. The Morgan fingerprint density at radius 2 is 2.00 bits per heavy atom. The Morgan fingerprint density at radius 3 is 2.33 bits per heavy atom. The lowest BCUT2D eigenvalue weighted by atomic mass is 10.0. The van der Waals surface area contributed by atoms with E-state index >= 15 is 0 Å². The van der Waals surface area contributed by atoms with Crippen molar-refractivity contribution >= 4 is 44.8 Å². The zero-order chi connectivity index (χ0) is 14.0. The smallest absolute Gasteiger partial charge is 0.255 e. The van der Waals surface area contributed by atoms with Crippen LogP contribution in [-0.4, -0.2) is 35.5 Å². The predicted octanol–water partition coefficient (Wildman–Crippen LogP) is 1.98. The summed E-state index contributed by atoms with van der Waals surface area (Å²) in [5, 5.41) is 3.74. The average molecular weight is 335 g/mol. The van der Waals surface area contributed by atoms with Gasteiger partial charge in [0.2, 0.25) is 0 Å². The normalized spacial score (nSPS) is 12.9. The number of nitrogens with one attached hydrogen (secondary N) is 1. The molecule has 0 aromatic carbocycles. The molecule has 1 N–H and O–H groups in total. The number of aromatic nitrogens is 2. The molecular weight excluding hydrogens is 321 g/mol. The van der Waals surface area contributed by atoms with E-state index in [1.54, 1.807) is 6.92 Å². The minimum Gasteiger partial charge on any atom is -0.255 e. The Bertz CT molecular complexity index is 483. The molecule has 0 saturated heterocycles. The van der Waals surface area contributed by atoms with E-state index in [1.807, 2.05) is 0 Å². The molecule has 9 heteroatoms. The molecule has 0 aliphatic carbocycles. The lowest BCUT2D eigenvalue weighted by Crippen LogP contribution is -2.51. The first-order chi connectivity index (χ1) is 8.32. The van der Waals surface area contributed by atoms with E-state index < -0.39 is 15.6 Å². The minimum atomic E-state index is -3.82. The van der Waals surface area contributed by atoms with Crippen molar-refractivity contribution in [3.05, 3.63) is 11.2 Å². The fraction of sp³-hybridized carbons (Fsp3) is 0.667. The molecule has 0 atom stereocenters. The number of hydrogen-bond acceptors (Lipinski definition) is 3. The van der Waals surface area contributed by atoms with Crippen LogP contribution in [-0.2, 0) is 17.1 Å². The summed E-state index contributed by atoms with van der Waals surface area (Å²) >= 11 is 17.4.